The zero-order valence-electron chi connectivity index (χ0n) is 19.3. The van der Waals surface area contributed by atoms with Crippen LogP contribution < -0.4 is 0 Å². The number of H-pyrrole nitrogens is 1. The van der Waals surface area contributed by atoms with Gasteiger partial charge in [-0.2, -0.15) is 5.26 Å². The van der Waals surface area contributed by atoms with E-state index in [-0.39, 0.29) is 18.3 Å². The number of aromatic amines is 1. The van der Waals surface area contributed by atoms with Crippen molar-refractivity contribution in [1.29, 1.82) is 5.26 Å². The largest absolute Gasteiger partial charge is 0.494 e. The molecule has 176 valence electrons. The number of fused-ring (bicyclic) bond motifs is 1. The van der Waals surface area contributed by atoms with Gasteiger partial charge in [-0.05, 0) is 56.4 Å². The van der Waals surface area contributed by atoms with Crippen LogP contribution in [0.4, 0.5) is 0 Å². The number of nitriles is 1. The van der Waals surface area contributed by atoms with Crippen LogP contribution in [0.1, 0.15) is 17.5 Å². The van der Waals surface area contributed by atoms with Crippen molar-refractivity contribution in [3.8, 4) is 23.2 Å². The molecule has 1 aromatic carbocycles. The van der Waals surface area contributed by atoms with E-state index in [2.05, 4.69) is 39.0 Å². The molecule has 1 amide bonds. The number of rotatable bonds is 4. The molecule has 0 aliphatic carbocycles. The summed E-state index contributed by atoms with van der Waals surface area (Å²) < 4.78 is 0. The van der Waals surface area contributed by atoms with Gasteiger partial charge in [0.05, 0.1) is 22.9 Å². The summed E-state index contributed by atoms with van der Waals surface area (Å²) in [6, 6.07) is 11.5. The van der Waals surface area contributed by atoms with Gasteiger partial charge in [0, 0.05) is 50.8 Å². The summed E-state index contributed by atoms with van der Waals surface area (Å²) in [6.07, 6.45) is 3.82. The van der Waals surface area contributed by atoms with Gasteiger partial charge in [0.2, 0.25) is 6.41 Å². The Morgan fingerprint density at radius 3 is 2.61 bits per heavy atom. The molecule has 33 heavy (non-hydrogen) atoms. The maximum absolute atomic E-state index is 10.3. The Hall–Kier alpha value is -3.12. The highest BCUT2D eigenvalue weighted by Crippen LogP contribution is 2.36. The minimum atomic E-state index is 0. The summed E-state index contributed by atoms with van der Waals surface area (Å²) in [7, 11) is 5.55. The van der Waals surface area contributed by atoms with E-state index >= 15 is 0 Å². The van der Waals surface area contributed by atoms with Crippen molar-refractivity contribution in [2.24, 2.45) is 0 Å². The Balaban J connectivity index is 0.000000583. The van der Waals surface area contributed by atoms with Crippen molar-refractivity contribution >= 4 is 29.7 Å². The summed E-state index contributed by atoms with van der Waals surface area (Å²) in [5.74, 6) is 0.0795. The number of hydrogen-bond donors (Lipinski definition) is 2. The second-order valence-corrected chi connectivity index (χ2v) is 8.27. The van der Waals surface area contributed by atoms with Crippen LogP contribution >= 0.6 is 12.4 Å². The second-order valence-electron chi connectivity index (χ2n) is 8.27. The molecule has 0 spiro atoms. The van der Waals surface area contributed by atoms with Crippen LogP contribution in [0.5, 0.6) is 5.88 Å². The number of benzene rings is 1. The lowest BCUT2D eigenvalue weighted by Gasteiger charge is -2.20. The minimum absolute atomic E-state index is 0. The first-order valence-corrected chi connectivity index (χ1v) is 10.6. The third-order valence-corrected chi connectivity index (χ3v) is 5.42. The number of carbonyl (C=O) groups is 1. The second kappa shape index (κ2) is 12.2. The highest BCUT2D eigenvalue weighted by molar-refractivity contribution is 5.98. The molecule has 4 rings (SSSR count). The van der Waals surface area contributed by atoms with Crippen LogP contribution in [0.15, 0.2) is 36.5 Å². The zero-order valence-corrected chi connectivity index (χ0v) is 20.1. The normalized spacial score (nSPS) is 14.4. The third kappa shape index (κ3) is 6.93. The fourth-order valence-corrected chi connectivity index (χ4v) is 3.69. The fraction of sp³-hybridized carbons (Fsp3) is 0.375. The van der Waals surface area contributed by atoms with E-state index in [4.69, 9.17) is 5.26 Å². The van der Waals surface area contributed by atoms with E-state index in [1.165, 1.54) is 16.9 Å². The van der Waals surface area contributed by atoms with E-state index in [0.29, 0.717) is 16.8 Å². The number of likely N-dealkylation sites (N-methyl/N-ethyl adjacent to an activating group) is 1. The van der Waals surface area contributed by atoms with Gasteiger partial charge in [0.1, 0.15) is 0 Å². The summed E-state index contributed by atoms with van der Waals surface area (Å²) in [5, 5.41) is 20.3. The van der Waals surface area contributed by atoms with Crippen molar-refractivity contribution < 1.29 is 9.90 Å². The molecule has 0 radical (unpaired) electrons. The number of pyridine rings is 1. The van der Waals surface area contributed by atoms with Crippen molar-refractivity contribution in [2.75, 3.05) is 47.3 Å². The maximum atomic E-state index is 10.3. The van der Waals surface area contributed by atoms with Crippen LogP contribution in [0.2, 0.25) is 0 Å². The van der Waals surface area contributed by atoms with Gasteiger partial charge in [0.25, 0.3) is 0 Å². The SMILES string of the molecule is CN(C)C=O.CN1CCCN(Cc2ccc(-c3c(O)[nH]c4ccc(C#N)cc34)nc2)CC1.Cl. The number of halogens is 1. The third-order valence-electron chi connectivity index (χ3n) is 5.42. The van der Waals surface area contributed by atoms with Gasteiger partial charge in [-0.25, -0.2) is 0 Å². The molecule has 2 aromatic heterocycles. The van der Waals surface area contributed by atoms with Gasteiger partial charge in [0.15, 0.2) is 5.88 Å². The molecule has 1 saturated heterocycles. The van der Waals surface area contributed by atoms with Crippen molar-refractivity contribution in [3.05, 3.63) is 47.7 Å². The van der Waals surface area contributed by atoms with E-state index in [1.54, 1.807) is 26.2 Å². The van der Waals surface area contributed by atoms with Crippen LogP contribution in [0.25, 0.3) is 22.2 Å². The van der Waals surface area contributed by atoms with Gasteiger partial charge >= 0.3 is 0 Å². The van der Waals surface area contributed by atoms with E-state index in [1.807, 2.05) is 18.3 Å². The molecule has 3 aromatic rings. The van der Waals surface area contributed by atoms with Crippen LogP contribution in [-0.4, -0.2) is 83.5 Å². The number of aromatic nitrogens is 2. The molecule has 1 aliphatic heterocycles. The molecule has 0 unspecified atom stereocenters. The number of nitrogens with zero attached hydrogens (tertiary/aromatic N) is 5. The van der Waals surface area contributed by atoms with E-state index in [0.717, 1.165) is 50.0 Å². The number of hydrogen-bond acceptors (Lipinski definition) is 6. The van der Waals surface area contributed by atoms with Gasteiger partial charge in [-0.1, -0.05) is 6.07 Å². The van der Waals surface area contributed by atoms with E-state index < -0.39 is 0 Å². The van der Waals surface area contributed by atoms with Gasteiger partial charge in [-0.15, -0.1) is 12.4 Å². The molecule has 3 heterocycles. The topological polar surface area (TPSA) is 99.5 Å². The minimum Gasteiger partial charge on any atom is -0.494 e. The molecule has 1 fully saturated rings. The first kappa shape index (κ1) is 26.1. The zero-order chi connectivity index (χ0) is 23.1. The quantitative estimate of drug-likeness (QED) is 0.568. The Bertz CT molecular complexity index is 1090. The lowest BCUT2D eigenvalue weighted by molar-refractivity contribution is -0.115. The smallest absolute Gasteiger partial charge is 0.209 e. The predicted octanol–water partition coefficient (Wildman–Crippen LogP) is 3.07. The molecular weight excluding hydrogens is 440 g/mol. The lowest BCUT2D eigenvalue weighted by Crippen LogP contribution is -2.28. The number of carbonyl (C=O) groups excluding carboxylic acids is 1. The molecule has 9 heteroatoms. The fourth-order valence-electron chi connectivity index (χ4n) is 3.69. The molecule has 0 atom stereocenters. The highest BCUT2D eigenvalue weighted by atomic mass is 35.5. The standard InChI is InChI=1S/C21H23N5O.C3H7NO.ClH/c1-25-7-2-8-26(10-9-25)14-16-4-6-19(23-13-16)20-17-11-15(12-22)3-5-18(17)24-21(20)27;1-4(2)3-5;/h3-6,11,13,24,27H,2,7-10,14H2,1H3;3H,1-2H3;1H. The van der Waals surface area contributed by atoms with Crippen molar-refractivity contribution in [3.63, 3.8) is 0 Å². The Morgan fingerprint density at radius 2 is 1.97 bits per heavy atom. The van der Waals surface area contributed by atoms with Crippen molar-refractivity contribution in [1.82, 2.24) is 24.7 Å². The molecule has 0 saturated carbocycles. The number of aromatic hydroxyl groups is 1. The molecular formula is C24H31ClN6O2. The first-order chi connectivity index (χ1) is 15.4. The highest BCUT2D eigenvalue weighted by Gasteiger charge is 2.16. The monoisotopic (exact) mass is 470 g/mol. The first-order valence-electron chi connectivity index (χ1n) is 10.6. The van der Waals surface area contributed by atoms with Gasteiger partial charge in [-0.3, -0.25) is 14.7 Å². The summed E-state index contributed by atoms with van der Waals surface area (Å²) in [4.78, 5) is 23.3. The number of amides is 1. The van der Waals surface area contributed by atoms with E-state index in [9.17, 15) is 9.90 Å². The maximum Gasteiger partial charge on any atom is 0.209 e. The Morgan fingerprint density at radius 1 is 1.21 bits per heavy atom. The molecule has 8 nitrogen and oxygen atoms in total. The Labute approximate surface area is 200 Å². The summed E-state index contributed by atoms with van der Waals surface area (Å²) >= 11 is 0. The van der Waals surface area contributed by atoms with Gasteiger partial charge < -0.3 is 19.9 Å². The Kier molecular flexibility index (Phi) is 9.67. The van der Waals surface area contributed by atoms with Crippen LogP contribution in [-0.2, 0) is 11.3 Å². The average molecular weight is 471 g/mol. The molecule has 0 bridgehead atoms. The van der Waals surface area contributed by atoms with Crippen LogP contribution in [0, 0.1) is 11.3 Å². The summed E-state index contributed by atoms with van der Waals surface area (Å²) in [5.41, 5.74) is 3.87. The van der Waals surface area contributed by atoms with Crippen molar-refractivity contribution in [2.45, 2.75) is 13.0 Å². The lowest BCUT2D eigenvalue weighted by atomic mass is 10.1. The molecule has 2 N–H and O–H groups in total. The summed E-state index contributed by atoms with van der Waals surface area (Å²) in [6.45, 7) is 5.30. The average Bonchev–Trinajstić information content (AvgIpc) is 2.98. The number of nitrogens with one attached hydrogen (secondary N) is 1. The molecule has 1 aliphatic rings. The predicted molar refractivity (Wildman–Crippen MR) is 132 cm³/mol. The van der Waals surface area contributed by atoms with Crippen LogP contribution in [0.3, 0.4) is 0 Å².